The van der Waals surface area contributed by atoms with Crippen molar-refractivity contribution in [3.63, 3.8) is 0 Å². The SMILES string of the molecule is CCOC(=O)Cc1cncc(B2OC(C)(C)C(C)(C)O2)c1. The summed E-state index contributed by atoms with van der Waals surface area (Å²) in [5, 5.41) is 0. The summed E-state index contributed by atoms with van der Waals surface area (Å²) in [5.41, 5.74) is 0.819. The number of rotatable bonds is 4. The fourth-order valence-electron chi connectivity index (χ4n) is 2.09. The number of ether oxygens (including phenoxy) is 1. The Morgan fingerprint density at radius 3 is 2.43 bits per heavy atom. The number of hydrogen-bond acceptors (Lipinski definition) is 5. The molecule has 0 saturated carbocycles. The Bertz CT molecular complexity index is 514. The van der Waals surface area contributed by atoms with Crippen LogP contribution in [0, 0.1) is 0 Å². The zero-order chi connectivity index (χ0) is 15.7. The zero-order valence-corrected chi connectivity index (χ0v) is 13.3. The van der Waals surface area contributed by atoms with E-state index in [-0.39, 0.29) is 12.4 Å². The van der Waals surface area contributed by atoms with Crippen LogP contribution in [-0.4, -0.2) is 35.9 Å². The molecule has 0 aliphatic carbocycles. The lowest BCUT2D eigenvalue weighted by Crippen LogP contribution is -2.41. The molecular formula is C15H22BNO4. The second kappa shape index (κ2) is 5.77. The number of nitrogens with zero attached hydrogens (tertiary/aromatic N) is 1. The first kappa shape index (κ1) is 16.0. The van der Waals surface area contributed by atoms with Gasteiger partial charge in [0.2, 0.25) is 0 Å². The average Bonchev–Trinajstić information content (AvgIpc) is 2.59. The van der Waals surface area contributed by atoms with Crippen molar-refractivity contribution in [3.8, 4) is 0 Å². The lowest BCUT2D eigenvalue weighted by Gasteiger charge is -2.32. The molecule has 0 unspecified atom stereocenters. The molecule has 1 aromatic heterocycles. The highest BCUT2D eigenvalue weighted by Gasteiger charge is 2.51. The van der Waals surface area contributed by atoms with E-state index >= 15 is 0 Å². The van der Waals surface area contributed by atoms with Crippen LogP contribution in [0.15, 0.2) is 18.5 Å². The highest BCUT2D eigenvalue weighted by atomic mass is 16.7. The molecule has 2 heterocycles. The van der Waals surface area contributed by atoms with Gasteiger partial charge in [-0.3, -0.25) is 9.78 Å². The maximum absolute atomic E-state index is 11.5. The molecule has 1 aliphatic rings. The van der Waals surface area contributed by atoms with Crippen LogP contribution in [0.5, 0.6) is 0 Å². The second-order valence-corrected chi connectivity index (χ2v) is 6.20. The van der Waals surface area contributed by atoms with E-state index in [2.05, 4.69) is 4.98 Å². The molecule has 21 heavy (non-hydrogen) atoms. The predicted octanol–water partition coefficient (Wildman–Crippen LogP) is 1.49. The van der Waals surface area contributed by atoms with Gasteiger partial charge in [-0.2, -0.15) is 0 Å². The van der Waals surface area contributed by atoms with E-state index in [1.54, 1.807) is 19.3 Å². The van der Waals surface area contributed by atoms with Gasteiger partial charge in [0.15, 0.2) is 0 Å². The van der Waals surface area contributed by atoms with Crippen molar-refractivity contribution < 1.29 is 18.8 Å². The molecule has 0 spiro atoms. The van der Waals surface area contributed by atoms with Crippen LogP contribution in [0.25, 0.3) is 0 Å². The minimum absolute atomic E-state index is 0.203. The van der Waals surface area contributed by atoms with Crippen LogP contribution in [-0.2, 0) is 25.3 Å². The predicted molar refractivity (Wildman–Crippen MR) is 80.3 cm³/mol. The van der Waals surface area contributed by atoms with Crippen LogP contribution in [0.3, 0.4) is 0 Å². The zero-order valence-electron chi connectivity index (χ0n) is 13.3. The number of carbonyl (C=O) groups excluding carboxylic acids is 1. The Kier molecular flexibility index (Phi) is 4.39. The minimum atomic E-state index is -0.468. The molecule has 2 rings (SSSR count). The summed E-state index contributed by atoms with van der Waals surface area (Å²) in [5.74, 6) is -0.259. The summed E-state index contributed by atoms with van der Waals surface area (Å²) in [4.78, 5) is 15.7. The fourth-order valence-corrected chi connectivity index (χ4v) is 2.09. The van der Waals surface area contributed by atoms with Crippen LogP contribution >= 0.6 is 0 Å². The molecule has 1 saturated heterocycles. The molecule has 114 valence electrons. The molecule has 5 nitrogen and oxygen atoms in total. The van der Waals surface area contributed by atoms with Crippen molar-refractivity contribution in [1.29, 1.82) is 0 Å². The number of hydrogen-bond donors (Lipinski definition) is 0. The maximum atomic E-state index is 11.5. The topological polar surface area (TPSA) is 57.7 Å². The van der Waals surface area contributed by atoms with Crippen molar-refractivity contribution in [2.75, 3.05) is 6.61 Å². The highest BCUT2D eigenvalue weighted by molar-refractivity contribution is 6.62. The van der Waals surface area contributed by atoms with E-state index in [9.17, 15) is 4.79 Å². The van der Waals surface area contributed by atoms with Crippen LogP contribution in [0.2, 0.25) is 0 Å². The van der Waals surface area contributed by atoms with Gasteiger partial charge in [0.25, 0.3) is 0 Å². The lowest BCUT2D eigenvalue weighted by molar-refractivity contribution is -0.142. The fraction of sp³-hybridized carbons (Fsp3) is 0.600. The van der Waals surface area contributed by atoms with Gasteiger partial charge in [0.1, 0.15) is 0 Å². The number of carbonyl (C=O) groups is 1. The Balaban J connectivity index is 2.14. The summed E-state index contributed by atoms with van der Waals surface area (Å²) in [6.45, 7) is 10.2. The van der Waals surface area contributed by atoms with Gasteiger partial charge in [-0.15, -0.1) is 0 Å². The first-order valence-electron chi connectivity index (χ1n) is 7.20. The van der Waals surface area contributed by atoms with Crippen LogP contribution < -0.4 is 5.46 Å². The van der Waals surface area contributed by atoms with Crippen molar-refractivity contribution in [1.82, 2.24) is 4.98 Å². The molecule has 0 N–H and O–H groups in total. The summed E-state index contributed by atoms with van der Waals surface area (Å²) in [7, 11) is -0.468. The van der Waals surface area contributed by atoms with E-state index in [0.717, 1.165) is 11.0 Å². The van der Waals surface area contributed by atoms with Gasteiger partial charge < -0.3 is 14.0 Å². The van der Waals surface area contributed by atoms with Gasteiger partial charge in [0.05, 0.1) is 24.2 Å². The van der Waals surface area contributed by atoms with Crippen molar-refractivity contribution in [2.24, 2.45) is 0 Å². The van der Waals surface area contributed by atoms with Gasteiger partial charge in [-0.25, -0.2) is 0 Å². The molecule has 0 atom stereocenters. The maximum Gasteiger partial charge on any atom is 0.496 e. The van der Waals surface area contributed by atoms with Crippen LogP contribution in [0.1, 0.15) is 40.2 Å². The Hall–Kier alpha value is -1.40. The van der Waals surface area contributed by atoms with E-state index in [0.29, 0.717) is 6.61 Å². The van der Waals surface area contributed by atoms with Crippen molar-refractivity contribution in [2.45, 2.75) is 52.2 Å². The molecular weight excluding hydrogens is 269 g/mol. The van der Waals surface area contributed by atoms with E-state index < -0.39 is 18.3 Å². The molecule has 6 heteroatoms. The first-order chi connectivity index (χ1) is 9.75. The minimum Gasteiger partial charge on any atom is -0.466 e. The molecule has 1 aliphatic heterocycles. The molecule has 0 amide bonds. The average molecular weight is 291 g/mol. The third-order valence-electron chi connectivity index (χ3n) is 4.00. The molecule has 0 aromatic carbocycles. The summed E-state index contributed by atoms with van der Waals surface area (Å²) in [6.07, 6.45) is 3.57. The first-order valence-corrected chi connectivity index (χ1v) is 7.20. The monoisotopic (exact) mass is 291 g/mol. The summed E-state index contributed by atoms with van der Waals surface area (Å²) in [6, 6.07) is 1.88. The summed E-state index contributed by atoms with van der Waals surface area (Å²) >= 11 is 0. The van der Waals surface area contributed by atoms with E-state index in [4.69, 9.17) is 14.0 Å². The molecule has 1 fully saturated rings. The molecule has 0 radical (unpaired) electrons. The standard InChI is InChI=1S/C15H22BNO4/c1-6-19-13(18)8-11-7-12(10-17-9-11)16-20-14(2,3)15(4,5)21-16/h7,9-10H,6,8H2,1-5H3. The van der Waals surface area contributed by atoms with Gasteiger partial charge in [-0.05, 0) is 40.2 Å². The van der Waals surface area contributed by atoms with Crippen LogP contribution in [0.4, 0.5) is 0 Å². The Labute approximate surface area is 126 Å². The third-order valence-corrected chi connectivity index (χ3v) is 4.00. The van der Waals surface area contributed by atoms with Gasteiger partial charge in [0, 0.05) is 17.9 Å². The quantitative estimate of drug-likeness (QED) is 0.621. The summed E-state index contributed by atoms with van der Waals surface area (Å²) < 4.78 is 16.9. The van der Waals surface area contributed by atoms with Gasteiger partial charge in [-0.1, -0.05) is 6.07 Å². The van der Waals surface area contributed by atoms with E-state index in [1.165, 1.54) is 0 Å². The number of esters is 1. The lowest BCUT2D eigenvalue weighted by atomic mass is 9.79. The highest BCUT2D eigenvalue weighted by Crippen LogP contribution is 2.36. The number of pyridine rings is 1. The Morgan fingerprint density at radius 1 is 1.24 bits per heavy atom. The smallest absolute Gasteiger partial charge is 0.466 e. The normalized spacial score (nSPS) is 19.6. The third kappa shape index (κ3) is 3.44. The van der Waals surface area contributed by atoms with Crippen molar-refractivity contribution >= 4 is 18.6 Å². The Morgan fingerprint density at radius 2 is 1.86 bits per heavy atom. The van der Waals surface area contributed by atoms with E-state index in [1.807, 2.05) is 33.8 Å². The largest absolute Gasteiger partial charge is 0.496 e. The van der Waals surface area contributed by atoms with Gasteiger partial charge >= 0.3 is 13.1 Å². The van der Waals surface area contributed by atoms with Crippen molar-refractivity contribution in [3.05, 3.63) is 24.0 Å². The molecule has 1 aromatic rings. The molecule has 0 bridgehead atoms. The second-order valence-electron chi connectivity index (χ2n) is 6.20. The number of aromatic nitrogens is 1.